The van der Waals surface area contributed by atoms with Crippen molar-refractivity contribution in [2.24, 2.45) is 0 Å². The van der Waals surface area contributed by atoms with E-state index in [2.05, 4.69) is 52.0 Å². The zero-order valence-electron chi connectivity index (χ0n) is 16.0. The molecule has 0 amide bonds. The molecule has 0 radical (unpaired) electrons. The average Bonchev–Trinajstić information content (AvgIpc) is 3.06. The van der Waals surface area contributed by atoms with Crippen LogP contribution in [0.1, 0.15) is 28.1 Å². The molecule has 6 heteroatoms. The third kappa shape index (κ3) is 3.38. The van der Waals surface area contributed by atoms with Gasteiger partial charge in [-0.3, -0.25) is 9.88 Å². The van der Waals surface area contributed by atoms with E-state index in [9.17, 15) is 5.26 Å². The van der Waals surface area contributed by atoms with E-state index in [-0.39, 0.29) is 0 Å². The fourth-order valence-electron chi connectivity index (χ4n) is 3.91. The number of nitrogens with zero attached hydrogens (tertiary/aromatic N) is 5. The molecule has 0 unspecified atom stereocenters. The Morgan fingerprint density at radius 1 is 1.11 bits per heavy atom. The molecule has 4 rings (SSSR count). The van der Waals surface area contributed by atoms with E-state index in [0.717, 1.165) is 66.3 Å². The Labute approximate surface area is 159 Å². The van der Waals surface area contributed by atoms with Crippen LogP contribution in [0.3, 0.4) is 0 Å². The molecule has 2 aromatic heterocycles. The first kappa shape index (κ1) is 17.5. The van der Waals surface area contributed by atoms with E-state index in [1.165, 1.54) is 5.56 Å². The van der Waals surface area contributed by atoms with Crippen LogP contribution in [0.2, 0.25) is 0 Å². The maximum absolute atomic E-state index is 9.65. The molecule has 3 heterocycles. The first-order valence-electron chi connectivity index (χ1n) is 9.24. The van der Waals surface area contributed by atoms with Gasteiger partial charge in [-0.2, -0.15) is 5.26 Å². The Morgan fingerprint density at radius 2 is 1.89 bits per heavy atom. The van der Waals surface area contributed by atoms with Crippen LogP contribution in [-0.4, -0.2) is 41.2 Å². The molecule has 1 aromatic carbocycles. The number of pyridine rings is 1. The quantitative estimate of drug-likeness (QED) is 0.713. The number of piperazine rings is 1. The lowest BCUT2D eigenvalue weighted by molar-refractivity contribution is 0.219. The molecular weight excluding hydrogens is 338 g/mol. The van der Waals surface area contributed by atoms with Crippen molar-refractivity contribution in [1.29, 1.82) is 5.26 Å². The molecule has 0 bridgehead atoms. The molecular formula is C21H23N5O. The predicted molar refractivity (Wildman–Crippen MR) is 105 cm³/mol. The molecule has 1 fully saturated rings. The second kappa shape index (κ2) is 7.01. The van der Waals surface area contributed by atoms with Crippen molar-refractivity contribution in [3.05, 3.63) is 52.5 Å². The molecule has 6 nitrogen and oxygen atoms in total. The fourth-order valence-corrected chi connectivity index (χ4v) is 3.91. The minimum Gasteiger partial charge on any atom is -0.367 e. The highest BCUT2D eigenvalue weighted by molar-refractivity contribution is 5.96. The Kier molecular flexibility index (Phi) is 4.54. The van der Waals surface area contributed by atoms with Crippen LogP contribution >= 0.6 is 0 Å². The molecule has 0 atom stereocenters. The van der Waals surface area contributed by atoms with Gasteiger partial charge in [-0.1, -0.05) is 16.8 Å². The molecule has 0 aliphatic carbocycles. The monoisotopic (exact) mass is 361 g/mol. The second-order valence-corrected chi connectivity index (χ2v) is 7.31. The summed E-state index contributed by atoms with van der Waals surface area (Å²) in [5, 5.41) is 14.7. The SMILES string of the molecule is Cc1cc(C)c2ncc(C#N)c(N3CCN(Cc4cc(C)no4)CC3)c2c1. The summed E-state index contributed by atoms with van der Waals surface area (Å²) in [4.78, 5) is 9.23. The lowest BCUT2D eigenvalue weighted by atomic mass is 10.0. The summed E-state index contributed by atoms with van der Waals surface area (Å²) in [5.74, 6) is 0.902. The summed E-state index contributed by atoms with van der Waals surface area (Å²) >= 11 is 0. The standard InChI is InChI=1S/C21H23N5O/c1-14-8-15(2)20-19(9-14)21(17(11-22)12-23-20)26-6-4-25(5-7-26)13-18-10-16(3)24-27-18/h8-10,12H,4-7,13H2,1-3H3. The minimum atomic E-state index is 0.645. The Morgan fingerprint density at radius 3 is 2.56 bits per heavy atom. The van der Waals surface area contributed by atoms with Crippen LogP contribution in [0.25, 0.3) is 10.9 Å². The zero-order valence-corrected chi connectivity index (χ0v) is 16.0. The van der Waals surface area contributed by atoms with Crippen LogP contribution in [0.15, 0.2) is 28.9 Å². The fraction of sp³-hybridized carbons (Fsp3) is 0.381. The molecule has 0 spiro atoms. The molecule has 1 aliphatic rings. The van der Waals surface area contributed by atoms with Crippen molar-refractivity contribution in [1.82, 2.24) is 15.0 Å². The maximum atomic E-state index is 9.65. The number of fused-ring (bicyclic) bond motifs is 1. The normalized spacial score (nSPS) is 15.3. The van der Waals surface area contributed by atoms with Crippen molar-refractivity contribution in [2.75, 3.05) is 31.1 Å². The predicted octanol–water partition coefficient (Wildman–Crippen LogP) is 3.34. The minimum absolute atomic E-state index is 0.645. The molecule has 3 aromatic rings. The summed E-state index contributed by atoms with van der Waals surface area (Å²) in [5.41, 5.74) is 5.90. The molecule has 138 valence electrons. The summed E-state index contributed by atoms with van der Waals surface area (Å²) in [6, 6.07) is 8.61. The number of hydrogen-bond donors (Lipinski definition) is 0. The topological polar surface area (TPSA) is 69.2 Å². The average molecular weight is 361 g/mol. The van der Waals surface area contributed by atoms with E-state index >= 15 is 0 Å². The smallest absolute Gasteiger partial charge is 0.150 e. The number of nitriles is 1. The number of aryl methyl sites for hydroxylation is 3. The van der Waals surface area contributed by atoms with Gasteiger partial charge in [0.05, 0.1) is 29.0 Å². The maximum Gasteiger partial charge on any atom is 0.150 e. The van der Waals surface area contributed by atoms with Gasteiger partial charge >= 0.3 is 0 Å². The van der Waals surface area contributed by atoms with Crippen molar-refractivity contribution in [3.8, 4) is 6.07 Å². The van der Waals surface area contributed by atoms with E-state index < -0.39 is 0 Å². The van der Waals surface area contributed by atoms with Gasteiger partial charge < -0.3 is 9.42 Å². The van der Waals surface area contributed by atoms with Crippen molar-refractivity contribution in [3.63, 3.8) is 0 Å². The van der Waals surface area contributed by atoms with Crippen molar-refractivity contribution < 1.29 is 4.52 Å². The number of hydrogen-bond acceptors (Lipinski definition) is 6. The second-order valence-electron chi connectivity index (χ2n) is 7.31. The molecule has 1 aliphatic heterocycles. The van der Waals surface area contributed by atoms with Gasteiger partial charge in [0.2, 0.25) is 0 Å². The highest BCUT2D eigenvalue weighted by Gasteiger charge is 2.23. The van der Waals surface area contributed by atoms with Crippen LogP contribution in [0, 0.1) is 32.1 Å². The first-order chi connectivity index (χ1) is 13.0. The molecule has 0 N–H and O–H groups in total. The Bertz CT molecular complexity index is 1020. The van der Waals surface area contributed by atoms with E-state index in [0.29, 0.717) is 5.56 Å². The molecule has 0 saturated carbocycles. The van der Waals surface area contributed by atoms with Crippen LogP contribution in [0.5, 0.6) is 0 Å². The van der Waals surface area contributed by atoms with Gasteiger partial charge in [-0.05, 0) is 32.4 Å². The Balaban J connectivity index is 1.61. The number of rotatable bonds is 3. The molecule has 27 heavy (non-hydrogen) atoms. The van der Waals surface area contributed by atoms with Gasteiger partial charge in [0, 0.05) is 43.8 Å². The first-order valence-corrected chi connectivity index (χ1v) is 9.24. The van der Waals surface area contributed by atoms with Gasteiger partial charge in [0.15, 0.2) is 5.76 Å². The number of aromatic nitrogens is 2. The largest absolute Gasteiger partial charge is 0.367 e. The van der Waals surface area contributed by atoms with Crippen LogP contribution in [0.4, 0.5) is 5.69 Å². The van der Waals surface area contributed by atoms with E-state index in [4.69, 9.17) is 4.52 Å². The molecule has 1 saturated heterocycles. The van der Waals surface area contributed by atoms with Gasteiger partial charge in [0.25, 0.3) is 0 Å². The van der Waals surface area contributed by atoms with Crippen molar-refractivity contribution >= 4 is 16.6 Å². The summed E-state index contributed by atoms with van der Waals surface area (Å²) < 4.78 is 5.34. The highest BCUT2D eigenvalue weighted by Crippen LogP contribution is 2.32. The third-order valence-corrected chi connectivity index (χ3v) is 5.14. The lowest BCUT2D eigenvalue weighted by Gasteiger charge is -2.36. The summed E-state index contributed by atoms with van der Waals surface area (Å²) in [6.45, 7) is 10.4. The Hall–Kier alpha value is -2.91. The number of benzene rings is 1. The third-order valence-electron chi connectivity index (χ3n) is 5.14. The van der Waals surface area contributed by atoms with E-state index in [1.807, 2.05) is 13.0 Å². The van der Waals surface area contributed by atoms with Crippen molar-refractivity contribution in [2.45, 2.75) is 27.3 Å². The van der Waals surface area contributed by atoms with Gasteiger partial charge in [-0.25, -0.2) is 0 Å². The van der Waals surface area contributed by atoms with Gasteiger partial charge in [0.1, 0.15) is 6.07 Å². The van der Waals surface area contributed by atoms with Crippen LogP contribution in [-0.2, 0) is 6.54 Å². The summed E-state index contributed by atoms with van der Waals surface area (Å²) in [7, 11) is 0. The number of anilines is 1. The van der Waals surface area contributed by atoms with Gasteiger partial charge in [-0.15, -0.1) is 0 Å². The zero-order chi connectivity index (χ0) is 19.0. The lowest BCUT2D eigenvalue weighted by Crippen LogP contribution is -2.46. The summed E-state index contributed by atoms with van der Waals surface area (Å²) in [6.07, 6.45) is 1.71. The highest BCUT2D eigenvalue weighted by atomic mass is 16.5. The van der Waals surface area contributed by atoms with E-state index in [1.54, 1.807) is 6.20 Å². The van der Waals surface area contributed by atoms with Crippen LogP contribution < -0.4 is 4.90 Å².